The Bertz CT molecular complexity index is 628. The van der Waals surface area contributed by atoms with E-state index in [1.54, 1.807) is 30.3 Å². The van der Waals surface area contributed by atoms with Crippen LogP contribution in [0.25, 0.3) is 0 Å². The molecule has 104 valence electrons. The van der Waals surface area contributed by atoms with Crippen molar-refractivity contribution >= 4 is 27.5 Å². The van der Waals surface area contributed by atoms with Gasteiger partial charge < -0.3 is 11.1 Å². The molecule has 1 atom stereocenters. The number of carbonyl (C=O) groups is 1. The number of hydrogen-bond donors (Lipinski definition) is 2. The first kappa shape index (κ1) is 14.5. The third kappa shape index (κ3) is 3.36. The topological polar surface area (TPSA) is 55.1 Å². The van der Waals surface area contributed by atoms with Gasteiger partial charge in [0.15, 0.2) is 0 Å². The summed E-state index contributed by atoms with van der Waals surface area (Å²) in [5.74, 6) is -0.535. The fourth-order valence-corrected chi connectivity index (χ4v) is 2.25. The van der Waals surface area contributed by atoms with Crippen molar-refractivity contribution < 1.29 is 9.18 Å². The van der Waals surface area contributed by atoms with Crippen LogP contribution < -0.4 is 11.1 Å². The first-order valence-corrected chi connectivity index (χ1v) is 6.88. The van der Waals surface area contributed by atoms with Gasteiger partial charge in [0.05, 0.1) is 11.6 Å². The third-order valence-electron chi connectivity index (χ3n) is 2.95. The molecule has 0 radical (unpaired) electrons. The van der Waals surface area contributed by atoms with Gasteiger partial charge in [0.1, 0.15) is 5.82 Å². The lowest BCUT2D eigenvalue weighted by Crippen LogP contribution is -2.27. The number of halogens is 2. The number of rotatable bonds is 3. The van der Waals surface area contributed by atoms with Gasteiger partial charge in [-0.05, 0) is 58.7 Å². The maximum atomic E-state index is 12.9. The van der Waals surface area contributed by atoms with Crippen molar-refractivity contribution in [2.75, 3.05) is 5.73 Å². The molecule has 0 fully saturated rings. The maximum absolute atomic E-state index is 12.9. The molecule has 0 aliphatic heterocycles. The molecule has 3 nitrogen and oxygen atoms in total. The molecule has 0 aromatic heterocycles. The summed E-state index contributed by atoms with van der Waals surface area (Å²) in [7, 11) is 0. The van der Waals surface area contributed by atoms with Crippen molar-refractivity contribution in [3.05, 3.63) is 63.9 Å². The van der Waals surface area contributed by atoms with Crippen LogP contribution in [0, 0.1) is 5.82 Å². The Morgan fingerprint density at radius 1 is 1.25 bits per heavy atom. The molecular formula is C15H14BrFN2O. The molecule has 0 spiro atoms. The molecular weight excluding hydrogens is 323 g/mol. The van der Waals surface area contributed by atoms with Gasteiger partial charge in [-0.2, -0.15) is 0 Å². The molecule has 1 amide bonds. The van der Waals surface area contributed by atoms with E-state index >= 15 is 0 Å². The lowest BCUT2D eigenvalue weighted by atomic mass is 10.1. The second-order valence-corrected chi connectivity index (χ2v) is 5.34. The zero-order chi connectivity index (χ0) is 14.7. The number of nitrogen functional groups attached to an aromatic ring is 1. The largest absolute Gasteiger partial charge is 0.399 e. The first-order chi connectivity index (χ1) is 9.47. The van der Waals surface area contributed by atoms with Crippen molar-refractivity contribution in [1.82, 2.24) is 5.32 Å². The Kier molecular flexibility index (Phi) is 4.39. The second-order valence-electron chi connectivity index (χ2n) is 4.49. The first-order valence-electron chi connectivity index (χ1n) is 6.08. The van der Waals surface area contributed by atoms with E-state index in [0.717, 1.165) is 5.56 Å². The van der Waals surface area contributed by atoms with Crippen LogP contribution >= 0.6 is 15.9 Å². The van der Waals surface area contributed by atoms with E-state index in [1.165, 1.54) is 12.1 Å². The summed E-state index contributed by atoms with van der Waals surface area (Å²) < 4.78 is 13.5. The normalized spacial score (nSPS) is 11.9. The number of nitrogens with two attached hydrogens (primary N) is 1. The summed E-state index contributed by atoms with van der Waals surface area (Å²) in [5.41, 5.74) is 7.51. The number of anilines is 1. The van der Waals surface area contributed by atoms with Crippen LogP contribution in [0.3, 0.4) is 0 Å². The van der Waals surface area contributed by atoms with Crippen LogP contribution in [0.15, 0.2) is 46.9 Å². The van der Waals surface area contributed by atoms with E-state index in [2.05, 4.69) is 21.2 Å². The van der Waals surface area contributed by atoms with Gasteiger partial charge in [-0.1, -0.05) is 12.1 Å². The highest BCUT2D eigenvalue weighted by Gasteiger charge is 2.14. The molecule has 0 heterocycles. The summed E-state index contributed by atoms with van der Waals surface area (Å²) in [4.78, 5) is 12.2. The Morgan fingerprint density at radius 2 is 1.90 bits per heavy atom. The highest BCUT2D eigenvalue weighted by atomic mass is 79.9. The van der Waals surface area contributed by atoms with Crippen LogP contribution in [-0.2, 0) is 0 Å². The van der Waals surface area contributed by atoms with Crippen molar-refractivity contribution in [2.45, 2.75) is 13.0 Å². The van der Waals surface area contributed by atoms with E-state index in [9.17, 15) is 9.18 Å². The van der Waals surface area contributed by atoms with E-state index in [4.69, 9.17) is 5.73 Å². The molecule has 2 aromatic carbocycles. The molecule has 2 aromatic rings. The summed E-state index contributed by atoms with van der Waals surface area (Å²) in [5, 5.41) is 2.85. The average molecular weight is 337 g/mol. The summed E-state index contributed by atoms with van der Waals surface area (Å²) >= 11 is 3.32. The lowest BCUT2D eigenvalue weighted by molar-refractivity contribution is 0.0939. The van der Waals surface area contributed by atoms with E-state index in [1.807, 2.05) is 6.92 Å². The smallest absolute Gasteiger partial charge is 0.252 e. The summed E-state index contributed by atoms with van der Waals surface area (Å²) in [6.07, 6.45) is 0. The highest BCUT2D eigenvalue weighted by molar-refractivity contribution is 9.10. The third-order valence-corrected chi connectivity index (χ3v) is 3.64. The Labute approximate surface area is 125 Å². The van der Waals surface area contributed by atoms with Crippen LogP contribution in [0.4, 0.5) is 10.1 Å². The fraction of sp³-hybridized carbons (Fsp3) is 0.133. The summed E-state index contributed by atoms with van der Waals surface area (Å²) in [6, 6.07) is 10.9. The molecule has 3 N–H and O–H groups in total. The molecule has 20 heavy (non-hydrogen) atoms. The predicted molar refractivity (Wildman–Crippen MR) is 80.8 cm³/mol. The lowest BCUT2D eigenvalue weighted by Gasteiger charge is -2.15. The number of hydrogen-bond acceptors (Lipinski definition) is 2. The molecule has 0 bridgehead atoms. The Balaban J connectivity index is 2.15. The zero-order valence-electron chi connectivity index (χ0n) is 10.9. The molecule has 0 aliphatic carbocycles. The van der Waals surface area contributed by atoms with Crippen molar-refractivity contribution in [3.63, 3.8) is 0 Å². The second kappa shape index (κ2) is 6.05. The maximum Gasteiger partial charge on any atom is 0.252 e. The molecule has 2 rings (SSSR count). The van der Waals surface area contributed by atoms with Gasteiger partial charge in [-0.3, -0.25) is 4.79 Å². The van der Waals surface area contributed by atoms with Gasteiger partial charge in [-0.15, -0.1) is 0 Å². The van der Waals surface area contributed by atoms with E-state index < -0.39 is 0 Å². The minimum absolute atomic E-state index is 0.226. The van der Waals surface area contributed by atoms with Crippen molar-refractivity contribution in [3.8, 4) is 0 Å². The van der Waals surface area contributed by atoms with E-state index in [0.29, 0.717) is 15.7 Å². The van der Waals surface area contributed by atoms with Crippen LogP contribution in [-0.4, -0.2) is 5.91 Å². The van der Waals surface area contributed by atoms with Gasteiger partial charge in [0, 0.05) is 10.2 Å². The SMILES string of the molecule is C[C@H](NC(=O)c1cc(N)ccc1Br)c1ccc(F)cc1. The van der Waals surface area contributed by atoms with Gasteiger partial charge >= 0.3 is 0 Å². The van der Waals surface area contributed by atoms with Gasteiger partial charge in [0.2, 0.25) is 0 Å². The standard InChI is InChI=1S/C15H14BrFN2O/c1-9(10-2-4-11(17)5-3-10)19-15(20)13-8-12(18)6-7-14(13)16/h2-9H,18H2,1H3,(H,19,20)/t9-/m0/s1. The van der Waals surface area contributed by atoms with Crippen molar-refractivity contribution in [1.29, 1.82) is 0 Å². The number of nitrogens with one attached hydrogen (secondary N) is 1. The van der Waals surface area contributed by atoms with Gasteiger partial charge in [0.25, 0.3) is 5.91 Å². The molecule has 0 saturated heterocycles. The summed E-state index contributed by atoms with van der Waals surface area (Å²) in [6.45, 7) is 1.84. The van der Waals surface area contributed by atoms with Crippen molar-refractivity contribution in [2.24, 2.45) is 0 Å². The minimum atomic E-state index is -0.300. The highest BCUT2D eigenvalue weighted by Crippen LogP contribution is 2.21. The molecule has 0 aliphatic rings. The molecule has 5 heteroatoms. The molecule has 0 saturated carbocycles. The zero-order valence-corrected chi connectivity index (χ0v) is 12.4. The number of amides is 1. The fourth-order valence-electron chi connectivity index (χ4n) is 1.83. The predicted octanol–water partition coefficient (Wildman–Crippen LogP) is 3.66. The number of carbonyl (C=O) groups excluding carboxylic acids is 1. The van der Waals surface area contributed by atoms with Gasteiger partial charge in [-0.25, -0.2) is 4.39 Å². The van der Waals surface area contributed by atoms with Crippen LogP contribution in [0.1, 0.15) is 28.9 Å². The monoisotopic (exact) mass is 336 g/mol. The minimum Gasteiger partial charge on any atom is -0.399 e. The quantitative estimate of drug-likeness (QED) is 0.840. The van der Waals surface area contributed by atoms with Crippen LogP contribution in [0.2, 0.25) is 0 Å². The Hall–Kier alpha value is -1.88. The molecule has 0 unspecified atom stereocenters. The van der Waals surface area contributed by atoms with E-state index in [-0.39, 0.29) is 17.8 Å². The number of benzene rings is 2. The Morgan fingerprint density at radius 3 is 2.55 bits per heavy atom. The van der Waals surface area contributed by atoms with Crippen LogP contribution in [0.5, 0.6) is 0 Å². The average Bonchev–Trinajstić information content (AvgIpc) is 2.42.